The molecule has 2 amide bonds. The van der Waals surface area contributed by atoms with Crippen molar-refractivity contribution in [2.75, 3.05) is 12.3 Å². The third kappa shape index (κ3) is 2.27. The van der Waals surface area contributed by atoms with Gasteiger partial charge in [0.25, 0.3) is 0 Å². The van der Waals surface area contributed by atoms with Crippen molar-refractivity contribution in [3.63, 3.8) is 0 Å². The van der Waals surface area contributed by atoms with Crippen molar-refractivity contribution in [1.29, 1.82) is 0 Å². The molecule has 1 fully saturated rings. The maximum absolute atomic E-state index is 12.7. The Morgan fingerprint density at radius 3 is 3.05 bits per heavy atom. The lowest BCUT2D eigenvalue weighted by atomic mass is 10.1. The van der Waals surface area contributed by atoms with Gasteiger partial charge in [-0.05, 0) is 42.0 Å². The van der Waals surface area contributed by atoms with Crippen LogP contribution in [0.3, 0.4) is 0 Å². The number of carbonyl (C=O) groups excluding carboxylic acids is 2. The number of thioether (sulfide) groups is 1. The van der Waals surface area contributed by atoms with E-state index in [1.165, 1.54) is 4.88 Å². The molecular formula is C13H16N2O2S2. The first-order chi connectivity index (χ1) is 9.18. The summed E-state index contributed by atoms with van der Waals surface area (Å²) in [6.07, 6.45) is 2.61. The second-order valence-corrected chi connectivity index (χ2v) is 7.11. The number of aryl methyl sites for hydroxylation is 1. The summed E-state index contributed by atoms with van der Waals surface area (Å²) in [7, 11) is 0. The quantitative estimate of drug-likeness (QED) is 0.900. The standard InChI is InChI=1S/C13H16N2O2S2/c14-12(16)9-2-1-5-15(9)13(17)11-8-3-6-18-10(8)4-7-19-11/h3,6,9,11H,1-2,4-5,7H2,(H2,14,16)/t9-,11+/m0/s1. The van der Waals surface area contributed by atoms with Crippen LogP contribution in [0.1, 0.15) is 28.5 Å². The van der Waals surface area contributed by atoms with Crippen molar-refractivity contribution in [1.82, 2.24) is 4.90 Å². The Morgan fingerprint density at radius 2 is 2.26 bits per heavy atom. The van der Waals surface area contributed by atoms with Gasteiger partial charge >= 0.3 is 0 Å². The van der Waals surface area contributed by atoms with Gasteiger partial charge in [0.1, 0.15) is 11.3 Å². The third-order valence-electron chi connectivity index (χ3n) is 3.76. The van der Waals surface area contributed by atoms with Crippen LogP contribution in [0.2, 0.25) is 0 Å². The normalized spacial score (nSPS) is 26.2. The minimum Gasteiger partial charge on any atom is -0.368 e. The van der Waals surface area contributed by atoms with Gasteiger partial charge in [0.05, 0.1) is 0 Å². The van der Waals surface area contributed by atoms with E-state index in [0.29, 0.717) is 13.0 Å². The average molecular weight is 296 g/mol. The second-order valence-electron chi connectivity index (χ2n) is 4.89. The van der Waals surface area contributed by atoms with E-state index in [-0.39, 0.29) is 17.1 Å². The highest BCUT2D eigenvalue weighted by Crippen LogP contribution is 2.41. The smallest absolute Gasteiger partial charge is 0.240 e. The van der Waals surface area contributed by atoms with E-state index in [1.54, 1.807) is 28.0 Å². The zero-order valence-corrected chi connectivity index (χ0v) is 12.1. The van der Waals surface area contributed by atoms with Gasteiger partial charge in [-0.25, -0.2) is 0 Å². The van der Waals surface area contributed by atoms with Gasteiger partial charge in [-0.15, -0.1) is 23.1 Å². The molecule has 1 aromatic heterocycles. The van der Waals surface area contributed by atoms with Crippen LogP contribution in [-0.4, -0.2) is 35.1 Å². The van der Waals surface area contributed by atoms with Crippen LogP contribution >= 0.6 is 23.1 Å². The maximum atomic E-state index is 12.7. The molecule has 0 radical (unpaired) electrons. The van der Waals surface area contributed by atoms with Crippen LogP contribution in [0.15, 0.2) is 11.4 Å². The lowest BCUT2D eigenvalue weighted by molar-refractivity contribution is -0.136. The molecule has 4 nitrogen and oxygen atoms in total. The van der Waals surface area contributed by atoms with Crippen LogP contribution in [-0.2, 0) is 16.0 Å². The minimum absolute atomic E-state index is 0.0608. The average Bonchev–Trinajstić information content (AvgIpc) is 3.05. The van der Waals surface area contributed by atoms with Crippen molar-refractivity contribution in [3.8, 4) is 0 Å². The van der Waals surface area contributed by atoms with Crippen LogP contribution < -0.4 is 5.73 Å². The molecule has 0 aromatic carbocycles. The number of hydrogen-bond acceptors (Lipinski definition) is 4. The lowest BCUT2D eigenvalue weighted by Crippen LogP contribution is -2.45. The molecule has 3 heterocycles. The van der Waals surface area contributed by atoms with Crippen LogP contribution in [0.5, 0.6) is 0 Å². The molecule has 3 rings (SSSR count). The van der Waals surface area contributed by atoms with E-state index in [9.17, 15) is 9.59 Å². The predicted octanol–water partition coefficient (Wildman–Crippen LogP) is 1.55. The third-order valence-corrected chi connectivity index (χ3v) is 5.99. The highest BCUT2D eigenvalue weighted by Gasteiger charge is 2.38. The summed E-state index contributed by atoms with van der Waals surface area (Å²) >= 11 is 3.40. The molecule has 102 valence electrons. The monoisotopic (exact) mass is 296 g/mol. The van der Waals surface area contributed by atoms with Gasteiger partial charge in [-0.2, -0.15) is 0 Å². The number of thiophene rings is 1. The maximum Gasteiger partial charge on any atom is 0.240 e. The van der Waals surface area contributed by atoms with Crippen molar-refractivity contribution in [3.05, 3.63) is 21.9 Å². The molecule has 1 saturated heterocycles. The molecule has 2 aliphatic heterocycles. The SMILES string of the molecule is NC(=O)[C@@H]1CCCN1C(=O)[C@@H]1SCCc2sccc21. The van der Waals surface area contributed by atoms with Crippen LogP contribution in [0.4, 0.5) is 0 Å². The van der Waals surface area contributed by atoms with E-state index < -0.39 is 6.04 Å². The topological polar surface area (TPSA) is 63.4 Å². The van der Waals surface area contributed by atoms with Crippen molar-refractivity contribution >= 4 is 34.9 Å². The predicted molar refractivity (Wildman–Crippen MR) is 77.2 cm³/mol. The molecule has 1 aromatic rings. The fraction of sp³-hybridized carbons (Fsp3) is 0.538. The molecule has 0 bridgehead atoms. The molecule has 0 spiro atoms. The first-order valence-electron chi connectivity index (χ1n) is 6.46. The Kier molecular flexibility index (Phi) is 3.54. The fourth-order valence-corrected chi connectivity index (χ4v) is 5.19. The Balaban J connectivity index is 1.84. The molecule has 19 heavy (non-hydrogen) atoms. The first-order valence-corrected chi connectivity index (χ1v) is 8.39. The number of primary amides is 1. The van der Waals surface area contributed by atoms with Gasteiger partial charge in [0.2, 0.25) is 11.8 Å². The largest absolute Gasteiger partial charge is 0.368 e. The zero-order valence-electron chi connectivity index (χ0n) is 10.5. The second kappa shape index (κ2) is 5.17. The van der Waals surface area contributed by atoms with Crippen molar-refractivity contribution < 1.29 is 9.59 Å². The van der Waals surface area contributed by atoms with E-state index in [4.69, 9.17) is 5.73 Å². The number of likely N-dealkylation sites (tertiary alicyclic amines) is 1. The number of amides is 2. The Bertz CT molecular complexity index is 514. The minimum atomic E-state index is -0.405. The summed E-state index contributed by atoms with van der Waals surface area (Å²) in [4.78, 5) is 27.1. The molecule has 2 N–H and O–H groups in total. The molecule has 0 unspecified atom stereocenters. The zero-order chi connectivity index (χ0) is 13.4. The highest BCUT2D eigenvalue weighted by molar-refractivity contribution is 8.00. The van der Waals surface area contributed by atoms with E-state index in [0.717, 1.165) is 24.2 Å². The van der Waals surface area contributed by atoms with Gasteiger partial charge in [-0.1, -0.05) is 0 Å². The summed E-state index contributed by atoms with van der Waals surface area (Å²) in [6.45, 7) is 0.656. The summed E-state index contributed by atoms with van der Waals surface area (Å²) in [6, 6.07) is 1.64. The van der Waals surface area contributed by atoms with Gasteiger partial charge < -0.3 is 10.6 Å². The summed E-state index contributed by atoms with van der Waals surface area (Å²) in [5, 5.41) is 1.90. The van der Waals surface area contributed by atoms with Gasteiger partial charge in [0, 0.05) is 11.4 Å². The van der Waals surface area contributed by atoms with Crippen LogP contribution in [0, 0.1) is 0 Å². The Labute approximate surface area is 120 Å². The first kappa shape index (κ1) is 13.0. The van der Waals surface area contributed by atoms with Crippen molar-refractivity contribution in [2.45, 2.75) is 30.6 Å². The summed E-state index contributed by atoms with van der Waals surface area (Å²) in [5.74, 6) is 0.654. The molecule has 6 heteroatoms. The number of nitrogens with two attached hydrogens (primary N) is 1. The number of hydrogen-bond donors (Lipinski definition) is 1. The van der Waals surface area contributed by atoms with E-state index in [2.05, 4.69) is 0 Å². The summed E-state index contributed by atoms with van der Waals surface area (Å²) < 4.78 is 0. The molecule has 2 aliphatic rings. The van der Waals surface area contributed by atoms with Gasteiger partial charge in [-0.3, -0.25) is 9.59 Å². The molecule has 2 atom stereocenters. The van der Waals surface area contributed by atoms with E-state index in [1.807, 2.05) is 11.4 Å². The summed E-state index contributed by atoms with van der Waals surface area (Å²) in [5.41, 5.74) is 6.53. The van der Waals surface area contributed by atoms with Crippen LogP contribution in [0.25, 0.3) is 0 Å². The number of nitrogens with zero attached hydrogens (tertiary/aromatic N) is 1. The lowest BCUT2D eigenvalue weighted by Gasteiger charge is -2.29. The number of rotatable bonds is 2. The molecular weight excluding hydrogens is 280 g/mol. The Morgan fingerprint density at radius 1 is 1.42 bits per heavy atom. The van der Waals surface area contributed by atoms with Crippen molar-refractivity contribution in [2.24, 2.45) is 5.73 Å². The fourth-order valence-electron chi connectivity index (χ4n) is 2.83. The number of carbonyl (C=O) groups is 2. The highest BCUT2D eigenvalue weighted by atomic mass is 32.2. The molecule has 0 saturated carbocycles. The Hall–Kier alpha value is -1.01. The van der Waals surface area contributed by atoms with E-state index >= 15 is 0 Å². The molecule has 0 aliphatic carbocycles. The number of fused-ring (bicyclic) bond motifs is 1. The van der Waals surface area contributed by atoms with Gasteiger partial charge in [0.15, 0.2) is 0 Å².